The van der Waals surface area contributed by atoms with Crippen LogP contribution in [0.3, 0.4) is 0 Å². The molecular weight excluding hydrogens is 416 g/mol. The predicted molar refractivity (Wildman–Crippen MR) is 120 cm³/mol. The SMILES string of the molecule is COc1cccc(NC(=O)CSc2cccc(NC(=O)C3CC=CCC3C(=O)O)c2)c1. The number of ether oxygens (including phenoxy) is 1. The average molecular weight is 441 g/mol. The second kappa shape index (κ2) is 10.7. The molecule has 7 nitrogen and oxygen atoms in total. The number of hydrogen-bond donors (Lipinski definition) is 3. The molecule has 0 spiro atoms. The lowest BCUT2D eigenvalue weighted by molar-refractivity contribution is -0.146. The van der Waals surface area contributed by atoms with E-state index in [1.165, 1.54) is 11.8 Å². The number of carbonyl (C=O) groups is 3. The molecule has 8 heteroatoms. The Morgan fingerprint density at radius 2 is 1.68 bits per heavy atom. The molecule has 2 unspecified atom stereocenters. The van der Waals surface area contributed by atoms with Crippen LogP contribution in [-0.4, -0.2) is 35.8 Å². The van der Waals surface area contributed by atoms with Gasteiger partial charge in [0.2, 0.25) is 11.8 Å². The van der Waals surface area contributed by atoms with E-state index < -0.39 is 17.8 Å². The van der Waals surface area contributed by atoms with Crippen molar-refractivity contribution in [3.05, 3.63) is 60.7 Å². The molecule has 3 N–H and O–H groups in total. The van der Waals surface area contributed by atoms with Gasteiger partial charge in [-0.2, -0.15) is 0 Å². The highest BCUT2D eigenvalue weighted by Crippen LogP contribution is 2.28. The summed E-state index contributed by atoms with van der Waals surface area (Å²) in [6.45, 7) is 0. The quantitative estimate of drug-likeness (QED) is 0.423. The van der Waals surface area contributed by atoms with Crippen LogP contribution in [0.4, 0.5) is 11.4 Å². The van der Waals surface area contributed by atoms with Crippen molar-refractivity contribution in [3.63, 3.8) is 0 Å². The van der Waals surface area contributed by atoms with Crippen molar-refractivity contribution in [2.24, 2.45) is 11.8 Å². The summed E-state index contributed by atoms with van der Waals surface area (Å²) in [6.07, 6.45) is 4.40. The summed E-state index contributed by atoms with van der Waals surface area (Å²) in [5, 5.41) is 15.0. The largest absolute Gasteiger partial charge is 0.497 e. The van der Waals surface area contributed by atoms with Crippen LogP contribution in [0.1, 0.15) is 12.8 Å². The molecular formula is C23H24N2O5S. The van der Waals surface area contributed by atoms with Gasteiger partial charge in [-0.1, -0.05) is 24.3 Å². The molecule has 2 atom stereocenters. The number of methoxy groups -OCH3 is 1. The van der Waals surface area contributed by atoms with E-state index in [1.807, 2.05) is 12.1 Å². The number of carbonyl (C=O) groups excluding carboxylic acids is 2. The second-order valence-electron chi connectivity index (χ2n) is 7.08. The molecule has 0 saturated heterocycles. The topological polar surface area (TPSA) is 105 Å². The van der Waals surface area contributed by atoms with Crippen LogP contribution in [0.25, 0.3) is 0 Å². The van der Waals surface area contributed by atoms with E-state index in [-0.39, 0.29) is 17.6 Å². The Kier molecular flexibility index (Phi) is 7.72. The van der Waals surface area contributed by atoms with Crippen molar-refractivity contribution < 1.29 is 24.2 Å². The van der Waals surface area contributed by atoms with E-state index in [0.717, 1.165) is 4.90 Å². The van der Waals surface area contributed by atoms with Gasteiger partial charge in [0.15, 0.2) is 0 Å². The molecule has 2 aromatic rings. The van der Waals surface area contributed by atoms with Crippen molar-refractivity contribution >= 4 is 40.9 Å². The van der Waals surface area contributed by atoms with Crippen molar-refractivity contribution in [1.29, 1.82) is 0 Å². The first-order chi connectivity index (χ1) is 15.0. The second-order valence-corrected chi connectivity index (χ2v) is 8.13. The number of rotatable bonds is 8. The zero-order valence-corrected chi connectivity index (χ0v) is 17.9. The van der Waals surface area contributed by atoms with Crippen molar-refractivity contribution in [3.8, 4) is 5.75 Å². The maximum Gasteiger partial charge on any atom is 0.307 e. The first-order valence-electron chi connectivity index (χ1n) is 9.81. The lowest BCUT2D eigenvalue weighted by atomic mass is 9.82. The van der Waals surface area contributed by atoms with Crippen LogP contribution in [0.15, 0.2) is 65.6 Å². The van der Waals surface area contributed by atoms with Crippen molar-refractivity contribution in [2.75, 3.05) is 23.5 Å². The minimum atomic E-state index is -0.962. The fourth-order valence-corrected chi connectivity index (χ4v) is 4.08. The molecule has 31 heavy (non-hydrogen) atoms. The Labute approximate surface area is 184 Å². The number of thioether (sulfide) groups is 1. The molecule has 162 valence electrons. The molecule has 0 bridgehead atoms. The average Bonchev–Trinajstić information content (AvgIpc) is 2.78. The summed E-state index contributed by atoms with van der Waals surface area (Å²) in [5.74, 6) is -1.90. The Morgan fingerprint density at radius 3 is 2.39 bits per heavy atom. The summed E-state index contributed by atoms with van der Waals surface area (Å²) in [4.78, 5) is 37.1. The molecule has 2 amide bonds. The molecule has 0 saturated carbocycles. The summed E-state index contributed by atoms with van der Waals surface area (Å²) in [6, 6.07) is 14.3. The number of nitrogens with one attached hydrogen (secondary N) is 2. The van der Waals surface area contributed by atoms with Crippen LogP contribution >= 0.6 is 11.8 Å². The van der Waals surface area contributed by atoms with Crippen molar-refractivity contribution in [1.82, 2.24) is 0 Å². The number of carboxylic acid groups (broad SMARTS) is 1. The Morgan fingerprint density at radius 1 is 1.00 bits per heavy atom. The Bertz CT molecular complexity index is 991. The van der Waals surface area contributed by atoms with Crippen LogP contribution in [0, 0.1) is 11.8 Å². The Hall–Kier alpha value is -3.26. The maximum absolute atomic E-state index is 12.6. The fraction of sp³-hybridized carbons (Fsp3) is 0.261. The molecule has 0 fully saturated rings. The lowest BCUT2D eigenvalue weighted by Crippen LogP contribution is -2.34. The smallest absolute Gasteiger partial charge is 0.307 e. The van der Waals surface area contributed by atoms with Gasteiger partial charge in [0, 0.05) is 22.3 Å². The summed E-state index contributed by atoms with van der Waals surface area (Å²) < 4.78 is 5.15. The van der Waals surface area contributed by atoms with Gasteiger partial charge in [-0.3, -0.25) is 14.4 Å². The lowest BCUT2D eigenvalue weighted by Gasteiger charge is -2.24. The highest BCUT2D eigenvalue weighted by Gasteiger charge is 2.33. The highest BCUT2D eigenvalue weighted by molar-refractivity contribution is 8.00. The van der Waals surface area contributed by atoms with E-state index in [2.05, 4.69) is 10.6 Å². The molecule has 0 heterocycles. The molecule has 0 aliphatic heterocycles. The van der Waals surface area contributed by atoms with Gasteiger partial charge in [-0.05, 0) is 43.2 Å². The Balaban J connectivity index is 1.56. The molecule has 1 aliphatic rings. The van der Waals surface area contributed by atoms with Gasteiger partial charge in [0.05, 0.1) is 24.7 Å². The third-order valence-electron chi connectivity index (χ3n) is 4.91. The van der Waals surface area contributed by atoms with E-state index in [1.54, 1.807) is 55.7 Å². The van der Waals surface area contributed by atoms with Crippen LogP contribution in [0.5, 0.6) is 5.75 Å². The summed E-state index contributed by atoms with van der Waals surface area (Å²) >= 11 is 1.34. The van der Waals surface area contributed by atoms with E-state index in [0.29, 0.717) is 30.0 Å². The number of hydrogen-bond acceptors (Lipinski definition) is 5. The van der Waals surface area contributed by atoms with Gasteiger partial charge in [-0.15, -0.1) is 11.8 Å². The molecule has 0 radical (unpaired) electrons. The molecule has 3 rings (SSSR count). The number of benzene rings is 2. The number of amides is 2. The summed E-state index contributed by atoms with van der Waals surface area (Å²) in [7, 11) is 1.56. The van der Waals surface area contributed by atoms with Gasteiger partial charge in [-0.25, -0.2) is 0 Å². The van der Waals surface area contributed by atoms with Gasteiger partial charge in [0.1, 0.15) is 5.75 Å². The highest BCUT2D eigenvalue weighted by atomic mass is 32.2. The number of allylic oxidation sites excluding steroid dienone is 2. The van der Waals surface area contributed by atoms with Crippen LogP contribution in [0.2, 0.25) is 0 Å². The third-order valence-corrected chi connectivity index (χ3v) is 5.91. The van der Waals surface area contributed by atoms with Gasteiger partial charge < -0.3 is 20.5 Å². The van der Waals surface area contributed by atoms with Gasteiger partial charge in [0.25, 0.3) is 0 Å². The van der Waals surface area contributed by atoms with Crippen LogP contribution < -0.4 is 15.4 Å². The van der Waals surface area contributed by atoms with E-state index in [4.69, 9.17) is 4.74 Å². The number of aliphatic carboxylic acids is 1. The zero-order valence-electron chi connectivity index (χ0n) is 17.0. The maximum atomic E-state index is 12.6. The third kappa shape index (κ3) is 6.36. The van der Waals surface area contributed by atoms with E-state index >= 15 is 0 Å². The molecule has 1 aliphatic carbocycles. The van der Waals surface area contributed by atoms with Gasteiger partial charge >= 0.3 is 5.97 Å². The van der Waals surface area contributed by atoms with Crippen molar-refractivity contribution in [2.45, 2.75) is 17.7 Å². The molecule has 0 aromatic heterocycles. The monoisotopic (exact) mass is 440 g/mol. The summed E-state index contributed by atoms with van der Waals surface area (Å²) in [5.41, 5.74) is 1.22. The standard InChI is InChI=1S/C23H24N2O5S/c1-30-17-8-4-6-15(12-17)24-21(26)14-31-18-9-5-7-16(13-18)25-22(27)19-10-2-3-11-20(19)23(28)29/h2-9,12-13,19-20H,10-11,14H2,1H3,(H,24,26)(H,25,27)(H,28,29). The minimum absolute atomic E-state index is 0.161. The first kappa shape index (κ1) is 22.4. The first-order valence-corrected chi connectivity index (χ1v) is 10.8. The predicted octanol–water partition coefficient (Wildman–Crippen LogP) is 4.03. The zero-order chi connectivity index (χ0) is 22.2. The number of anilines is 2. The van der Waals surface area contributed by atoms with Crippen LogP contribution in [-0.2, 0) is 14.4 Å². The minimum Gasteiger partial charge on any atom is -0.497 e. The van der Waals surface area contributed by atoms with E-state index in [9.17, 15) is 19.5 Å². The number of carboxylic acids is 1. The molecule has 2 aromatic carbocycles. The fourth-order valence-electron chi connectivity index (χ4n) is 3.32. The normalized spacial score (nSPS) is 17.6.